The highest BCUT2D eigenvalue weighted by Crippen LogP contribution is 2.34. The normalized spacial score (nSPS) is 12.5. The van der Waals surface area contributed by atoms with Crippen LogP contribution in [0.2, 0.25) is 5.02 Å². The molecule has 1 atom stereocenters. The van der Waals surface area contributed by atoms with Crippen LogP contribution in [0.15, 0.2) is 36.7 Å². The number of halogens is 1. The van der Waals surface area contributed by atoms with E-state index in [2.05, 4.69) is 41.5 Å². The number of pyridine rings is 2. The molecular formula is C19H23ClN4. The summed E-state index contributed by atoms with van der Waals surface area (Å²) in [5, 5.41) is 4.27. The van der Waals surface area contributed by atoms with Crippen LogP contribution in [0.4, 0.5) is 5.82 Å². The number of nitrogens with zero attached hydrogens (tertiary/aromatic N) is 3. The molecule has 0 bridgehead atoms. The van der Waals surface area contributed by atoms with E-state index >= 15 is 0 Å². The van der Waals surface area contributed by atoms with Gasteiger partial charge in [-0.2, -0.15) is 0 Å². The van der Waals surface area contributed by atoms with E-state index in [4.69, 9.17) is 16.6 Å². The SMILES string of the molecule is CCCCC(C)Nc1c(-c2ccncc2Cl)nc2cccc(C)n12. The molecule has 1 N–H and O–H groups in total. The van der Waals surface area contributed by atoms with Crippen molar-refractivity contribution in [2.24, 2.45) is 0 Å². The van der Waals surface area contributed by atoms with Crippen LogP contribution in [0, 0.1) is 6.92 Å². The predicted octanol–water partition coefficient (Wildman–Crippen LogP) is 5.35. The van der Waals surface area contributed by atoms with Crippen molar-refractivity contribution in [2.75, 3.05) is 5.32 Å². The van der Waals surface area contributed by atoms with Crippen molar-refractivity contribution in [3.05, 3.63) is 47.4 Å². The molecule has 0 spiro atoms. The van der Waals surface area contributed by atoms with Crippen LogP contribution in [-0.4, -0.2) is 20.4 Å². The molecule has 0 aliphatic carbocycles. The van der Waals surface area contributed by atoms with Crippen molar-refractivity contribution in [3.8, 4) is 11.3 Å². The van der Waals surface area contributed by atoms with Crippen LogP contribution in [0.5, 0.6) is 0 Å². The van der Waals surface area contributed by atoms with Gasteiger partial charge in [-0.05, 0) is 38.5 Å². The number of fused-ring (bicyclic) bond motifs is 1. The molecule has 3 rings (SSSR count). The lowest BCUT2D eigenvalue weighted by molar-refractivity contribution is 0.642. The maximum Gasteiger partial charge on any atom is 0.139 e. The van der Waals surface area contributed by atoms with Crippen molar-refractivity contribution in [3.63, 3.8) is 0 Å². The molecule has 24 heavy (non-hydrogen) atoms. The lowest BCUT2D eigenvalue weighted by Gasteiger charge is -2.17. The Morgan fingerprint density at radius 3 is 2.88 bits per heavy atom. The monoisotopic (exact) mass is 342 g/mol. The van der Waals surface area contributed by atoms with Crippen molar-refractivity contribution >= 4 is 23.1 Å². The number of unbranched alkanes of at least 4 members (excludes halogenated alkanes) is 1. The summed E-state index contributed by atoms with van der Waals surface area (Å²) >= 11 is 6.38. The van der Waals surface area contributed by atoms with Crippen LogP contribution in [0.1, 0.15) is 38.8 Å². The Balaban J connectivity index is 2.13. The van der Waals surface area contributed by atoms with Gasteiger partial charge in [0.05, 0.1) is 5.02 Å². The summed E-state index contributed by atoms with van der Waals surface area (Å²) in [5.74, 6) is 1.000. The molecule has 3 aromatic rings. The van der Waals surface area contributed by atoms with Crippen LogP contribution in [0.3, 0.4) is 0 Å². The van der Waals surface area contributed by atoms with E-state index in [0.29, 0.717) is 11.1 Å². The molecule has 0 radical (unpaired) electrons. The number of hydrogen-bond acceptors (Lipinski definition) is 3. The van der Waals surface area contributed by atoms with Crippen molar-refractivity contribution in [2.45, 2.75) is 46.1 Å². The standard InChI is InChI=1S/C19H23ClN4/c1-4-5-7-13(2)22-19-18(15-10-11-21-12-16(15)20)23-17-9-6-8-14(3)24(17)19/h6,8-13,22H,4-5,7H2,1-3H3. The van der Waals surface area contributed by atoms with Gasteiger partial charge in [-0.3, -0.25) is 9.38 Å². The molecule has 0 fully saturated rings. The average Bonchev–Trinajstić information content (AvgIpc) is 2.93. The first-order valence-electron chi connectivity index (χ1n) is 8.46. The van der Waals surface area contributed by atoms with Gasteiger partial charge in [-0.15, -0.1) is 0 Å². The first-order valence-corrected chi connectivity index (χ1v) is 8.84. The van der Waals surface area contributed by atoms with Crippen molar-refractivity contribution < 1.29 is 0 Å². The fraction of sp³-hybridized carbons (Fsp3) is 0.368. The summed E-state index contributed by atoms with van der Waals surface area (Å²) in [4.78, 5) is 8.91. The lowest BCUT2D eigenvalue weighted by atomic mass is 10.1. The highest BCUT2D eigenvalue weighted by molar-refractivity contribution is 6.33. The fourth-order valence-electron chi connectivity index (χ4n) is 2.96. The zero-order chi connectivity index (χ0) is 17.1. The smallest absolute Gasteiger partial charge is 0.139 e. The molecule has 0 saturated heterocycles. The Bertz CT molecular complexity index is 840. The van der Waals surface area contributed by atoms with Gasteiger partial charge in [0.1, 0.15) is 17.2 Å². The van der Waals surface area contributed by atoms with E-state index in [-0.39, 0.29) is 0 Å². The lowest BCUT2D eigenvalue weighted by Crippen LogP contribution is -2.17. The molecule has 0 aromatic carbocycles. The molecule has 3 aromatic heterocycles. The summed E-state index contributed by atoms with van der Waals surface area (Å²) in [5.41, 5.74) is 3.84. The Morgan fingerprint density at radius 1 is 1.29 bits per heavy atom. The van der Waals surface area contributed by atoms with E-state index in [1.54, 1.807) is 12.4 Å². The van der Waals surface area contributed by atoms with Crippen LogP contribution in [-0.2, 0) is 0 Å². The molecule has 0 amide bonds. The number of anilines is 1. The number of rotatable bonds is 6. The van der Waals surface area contributed by atoms with Crippen molar-refractivity contribution in [1.29, 1.82) is 0 Å². The van der Waals surface area contributed by atoms with E-state index in [1.165, 1.54) is 12.8 Å². The predicted molar refractivity (Wildman–Crippen MR) is 101 cm³/mol. The highest BCUT2D eigenvalue weighted by Gasteiger charge is 2.18. The quantitative estimate of drug-likeness (QED) is 0.656. The zero-order valence-electron chi connectivity index (χ0n) is 14.4. The molecule has 1 unspecified atom stereocenters. The molecular weight excluding hydrogens is 320 g/mol. The Hall–Kier alpha value is -2.07. The topological polar surface area (TPSA) is 42.2 Å². The Morgan fingerprint density at radius 2 is 2.12 bits per heavy atom. The van der Waals surface area contributed by atoms with Gasteiger partial charge in [-0.25, -0.2) is 4.98 Å². The largest absolute Gasteiger partial charge is 0.367 e. The zero-order valence-corrected chi connectivity index (χ0v) is 15.1. The van der Waals surface area contributed by atoms with E-state index in [1.807, 2.05) is 18.2 Å². The molecule has 0 aliphatic rings. The second kappa shape index (κ2) is 7.22. The van der Waals surface area contributed by atoms with Crippen molar-refractivity contribution in [1.82, 2.24) is 14.4 Å². The summed E-state index contributed by atoms with van der Waals surface area (Å²) in [6, 6.07) is 8.42. The second-order valence-corrected chi connectivity index (χ2v) is 6.62. The summed E-state index contributed by atoms with van der Waals surface area (Å²) in [6.45, 7) is 6.52. The Kier molecular flexibility index (Phi) is 5.05. The maximum atomic E-state index is 6.38. The maximum absolute atomic E-state index is 6.38. The van der Waals surface area contributed by atoms with Gasteiger partial charge in [-0.1, -0.05) is 37.4 Å². The molecule has 5 heteroatoms. The molecule has 0 saturated carbocycles. The third-order valence-corrected chi connectivity index (χ3v) is 4.54. The van der Waals surface area contributed by atoms with Crippen LogP contribution >= 0.6 is 11.6 Å². The minimum Gasteiger partial charge on any atom is -0.367 e. The van der Waals surface area contributed by atoms with Gasteiger partial charge < -0.3 is 5.32 Å². The summed E-state index contributed by atoms with van der Waals surface area (Å²) < 4.78 is 2.16. The number of hydrogen-bond donors (Lipinski definition) is 1. The third kappa shape index (κ3) is 3.24. The Labute approximate surface area is 147 Å². The molecule has 0 aliphatic heterocycles. The minimum absolute atomic E-state index is 0.365. The van der Waals surface area contributed by atoms with E-state index in [9.17, 15) is 0 Å². The molecule has 126 valence electrons. The summed E-state index contributed by atoms with van der Waals surface area (Å²) in [7, 11) is 0. The van der Waals surface area contributed by atoms with E-state index in [0.717, 1.165) is 34.8 Å². The van der Waals surface area contributed by atoms with Gasteiger partial charge in [0.15, 0.2) is 0 Å². The molecule has 3 heterocycles. The minimum atomic E-state index is 0.365. The van der Waals surface area contributed by atoms with Gasteiger partial charge in [0.25, 0.3) is 0 Å². The van der Waals surface area contributed by atoms with Gasteiger partial charge in [0, 0.05) is 29.7 Å². The first-order chi connectivity index (χ1) is 11.6. The van der Waals surface area contributed by atoms with Gasteiger partial charge in [0.2, 0.25) is 0 Å². The number of nitrogens with one attached hydrogen (secondary N) is 1. The molecule has 4 nitrogen and oxygen atoms in total. The second-order valence-electron chi connectivity index (χ2n) is 6.21. The number of aromatic nitrogens is 3. The van der Waals surface area contributed by atoms with Gasteiger partial charge >= 0.3 is 0 Å². The summed E-state index contributed by atoms with van der Waals surface area (Å²) in [6.07, 6.45) is 6.94. The van der Waals surface area contributed by atoms with E-state index < -0.39 is 0 Å². The average molecular weight is 343 g/mol. The highest BCUT2D eigenvalue weighted by atomic mass is 35.5. The first kappa shape index (κ1) is 16.8. The van der Waals surface area contributed by atoms with Crippen LogP contribution in [0.25, 0.3) is 16.9 Å². The van der Waals surface area contributed by atoms with Crippen LogP contribution < -0.4 is 5.32 Å². The number of imidazole rings is 1. The fourth-order valence-corrected chi connectivity index (χ4v) is 3.17. The number of aryl methyl sites for hydroxylation is 1. The third-order valence-electron chi connectivity index (χ3n) is 4.24.